The van der Waals surface area contributed by atoms with Gasteiger partial charge >= 0.3 is 0 Å². The molecule has 0 aliphatic rings. The van der Waals surface area contributed by atoms with E-state index in [2.05, 4.69) is 16.4 Å². The number of hydrogen-bond donors (Lipinski definition) is 1. The number of rotatable bonds is 7. The first-order valence-corrected chi connectivity index (χ1v) is 9.31. The van der Waals surface area contributed by atoms with Crippen LogP contribution in [-0.4, -0.2) is 24.6 Å². The minimum Gasteiger partial charge on any atom is -0.491 e. The molecule has 0 unspecified atom stereocenters. The highest BCUT2D eigenvalue weighted by atomic mass is 35.5. The molecule has 28 heavy (non-hydrogen) atoms. The molecule has 0 amide bonds. The molecular weight excluding hydrogens is 404 g/mol. The van der Waals surface area contributed by atoms with E-state index in [1.165, 1.54) is 25.4 Å². The lowest BCUT2D eigenvalue weighted by molar-refractivity contribution is 0.296. The van der Waals surface area contributed by atoms with Gasteiger partial charge in [-0.25, -0.2) is 4.39 Å². The molecule has 0 spiro atoms. The molecule has 5 nitrogen and oxygen atoms in total. The molecule has 0 aliphatic carbocycles. The Bertz CT molecular complexity index is 1050. The molecule has 0 radical (unpaired) electrons. The van der Waals surface area contributed by atoms with Crippen molar-refractivity contribution < 1.29 is 13.9 Å². The van der Waals surface area contributed by atoms with Crippen LogP contribution in [-0.2, 0) is 0 Å². The fourth-order valence-electron chi connectivity index (χ4n) is 2.71. The number of halogens is 3. The number of hydrogen-bond acceptors (Lipinski definition) is 5. The van der Waals surface area contributed by atoms with Crippen LogP contribution >= 0.6 is 23.2 Å². The van der Waals surface area contributed by atoms with Gasteiger partial charge in [-0.1, -0.05) is 11.6 Å². The Balaban J connectivity index is 2.11. The minimum absolute atomic E-state index is 0.190. The predicted octanol–water partition coefficient (Wildman–Crippen LogP) is 5.66. The Kier molecular flexibility index (Phi) is 6.40. The summed E-state index contributed by atoms with van der Waals surface area (Å²) in [6, 6.07) is 9.81. The molecule has 1 N–H and O–H groups in total. The van der Waals surface area contributed by atoms with Crippen LogP contribution in [0.3, 0.4) is 0 Å². The second-order valence-corrected chi connectivity index (χ2v) is 6.61. The smallest absolute Gasteiger partial charge is 0.187 e. The predicted molar refractivity (Wildman–Crippen MR) is 109 cm³/mol. The van der Waals surface area contributed by atoms with Gasteiger partial charge in [0.1, 0.15) is 17.4 Å². The third kappa shape index (κ3) is 4.06. The first-order valence-electron chi connectivity index (χ1n) is 8.39. The summed E-state index contributed by atoms with van der Waals surface area (Å²) in [4.78, 5) is 4.34. The largest absolute Gasteiger partial charge is 0.491 e. The zero-order chi connectivity index (χ0) is 20.1. The summed E-state index contributed by atoms with van der Waals surface area (Å²) in [6.45, 7) is 0.433. The van der Waals surface area contributed by atoms with Gasteiger partial charge in [0.2, 0.25) is 0 Å². The topological polar surface area (TPSA) is 67.2 Å². The van der Waals surface area contributed by atoms with Gasteiger partial charge in [0.05, 0.1) is 30.7 Å². The summed E-state index contributed by atoms with van der Waals surface area (Å²) < 4.78 is 25.5. The van der Waals surface area contributed by atoms with Crippen molar-refractivity contribution in [3.05, 3.63) is 52.9 Å². The lowest BCUT2D eigenvalue weighted by Gasteiger charge is -2.16. The lowest BCUT2D eigenvalue weighted by atomic mass is 10.1. The van der Waals surface area contributed by atoms with Crippen molar-refractivity contribution in [2.75, 3.05) is 24.9 Å². The zero-order valence-electron chi connectivity index (χ0n) is 14.9. The quantitative estimate of drug-likeness (QED) is 0.395. The van der Waals surface area contributed by atoms with Gasteiger partial charge in [-0.15, -0.1) is 11.6 Å². The van der Waals surface area contributed by atoms with E-state index in [0.717, 1.165) is 0 Å². The summed E-state index contributed by atoms with van der Waals surface area (Å²) in [6.07, 6.45) is 2.09. The van der Waals surface area contributed by atoms with Crippen LogP contribution in [0.1, 0.15) is 12.0 Å². The van der Waals surface area contributed by atoms with Crippen LogP contribution in [0.5, 0.6) is 11.5 Å². The van der Waals surface area contributed by atoms with Crippen molar-refractivity contribution >= 4 is 45.5 Å². The number of ether oxygens (including phenoxy) is 2. The number of anilines is 2. The van der Waals surface area contributed by atoms with E-state index in [1.807, 2.05) is 0 Å². The molecule has 0 aliphatic heterocycles. The first kappa shape index (κ1) is 20.0. The third-order valence-electron chi connectivity index (χ3n) is 4.01. The number of benzene rings is 2. The molecule has 2 aromatic carbocycles. The Morgan fingerprint density at radius 2 is 2.11 bits per heavy atom. The number of pyridine rings is 1. The average molecular weight is 420 g/mol. The van der Waals surface area contributed by atoms with E-state index in [0.29, 0.717) is 47.0 Å². The van der Waals surface area contributed by atoms with Gasteiger partial charge in [0.15, 0.2) is 11.5 Å². The van der Waals surface area contributed by atoms with Gasteiger partial charge < -0.3 is 14.8 Å². The molecule has 1 aromatic heterocycles. The maximum Gasteiger partial charge on any atom is 0.187 e. The number of nitrogens with one attached hydrogen (secondary N) is 1. The molecular formula is C20H16Cl2FN3O2. The normalized spacial score (nSPS) is 10.5. The monoisotopic (exact) mass is 419 g/mol. The maximum atomic E-state index is 14.3. The number of nitriles is 1. The van der Waals surface area contributed by atoms with Crippen molar-refractivity contribution in [3.63, 3.8) is 0 Å². The highest BCUT2D eigenvalue weighted by Crippen LogP contribution is 2.39. The molecule has 0 bridgehead atoms. The van der Waals surface area contributed by atoms with Crippen LogP contribution in [0, 0.1) is 17.1 Å². The molecule has 3 aromatic rings. The van der Waals surface area contributed by atoms with Crippen LogP contribution < -0.4 is 14.8 Å². The van der Waals surface area contributed by atoms with Crippen molar-refractivity contribution in [2.45, 2.75) is 6.42 Å². The average Bonchev–Trinajstić information content (AvgIpc) is 2.70. The Morgan fingerprint density at radius 3 is 2.79 bits per heavy atom. The number of aromatic nitrogens is 1. The van der Waals surface area contributed by atoms with E-state index in [-0.39, 0.29) is 16.3 Å². The van der Waals surface area contributed by atoms with Gasteiger partial charge in [-0.3, -0.25) is 4.98 Å². The number of alkyl halides is 1. The fourth-order valence-corrected chi connectivity index (χ4v) is 2.98. The summed E-state index contributed by atoms with van der Waals surface area (Å²) in [5.74, 6) is 0.895. The van der Waals surface area contributed by atoms with Crippen molar-refractivity contribution in [1.82, 2.24) is 4.98 Å². The van der Waals surface area contributed by atoms with Crippen molar-refractivity contribution in [1.29, 1.82) is 5.26 Å². The zero-order valence-corrected chi connectivity index (χ0v) is 16.4. The van der Waals surface area contributed by atoms with E-state index in [9.17, 15) is 9.65 Å². The van der Waals surface area contributed by atoms with E-state index in [1.54, 1.807) is 18.2 Å². The molecule has 0 atom stereocenters. The van der Waals surface area contributed by atoms with E-state index >= 15 is 0 Å². The first-order chi connectivity index (χ1) is 13.6. The van der Waals surface area contributed by atoms with Gasteiger partial charge in [0.25, 0.3) is 0 Å². The number of nitrogens with zero attached hydrogens (tertiary/aromatic N) is 2. The second-order valence-electron chi connectivity index (χ2n) is 5.79. The summed E-state index contributed by atoms with van der Waals surface area (Å²) in [5.41, 5.74) is 1.36. The lowest BCUT2D eigenvalue weighted by Crippen LogP contribution is -2.03. The van der Waals surface area contributed by atoms with Crippen LogP contribution in [0.2, 0.25) is 5.02 Å². The summed E-state index contributed by atoms with van der Waals surface area (Å²) in [5, 5.41) is 13.3. The van der Waals surface area contributed by atoms with E-state index < -0.39 is 5.82 Å². The van der Waals surface area contributed by atoms with Crippen molar-refractivity contribution in [2.24, 2.45) is 0 Å². The minimum atomic E-state index is -0.533. The summed E-state index contributed by atoms with van der Waals surface area (Å²) in [7, 11) is 1.51. The fraction of sp³-hybridized carbons (Fsp3) is 0.200. The standard InChI is InChI=1S/C20H16Cl2FN3O2/c1-27-20-17(28-8-2-7-21)6-4-14-18(12(10-24)11-25-19(14)20)26-16-5-3-13(22)9-15(16)23/h3-6,9,11H,2,7-8H2,1H3,(H,25,26). The number of fused-ring (bicyclic) bond motifs is 1. The molecule has 144 valence electrons. The molecule has 8 heteroatoms. The molecule has 0 saturated heterocycles. The van der Waals surface area contributed by atoms with Crippen molar-refractivity contribution in [3.8, 4) is 17.6 Å². The molecule has 3 rings (SSSR count). The van der Waals surface area contributed by atoms with Gasteiger partial charge in [-0.05, 0) is 36.8 Å². The Labute approximate surface area is 171 Å². The van der Waals surface area contributed by atoms with Gasteiger partial charge in [-0.2, -0.15) is 5.26 Å². The molecule has 1 heterocycles. The Hall–Kier alpha value is -2.75. The maximum absolute atomic E-state index is 14.3. The molecule has 0 saturated carbocycles. The summed E-state index contributed by atoms with van der Waals surface area (Å²) >= 11 is 11.5. The SMILES string of the molecule is COc1c(OCCCCl)ccc2c(Nc3ccc(Cl)cc3F)c(C#N)cnc12. The van der Waals surface area contributed by atoms with Gasteiger partial charge in [0, 0.05) is 22.5 Å². The molecule has 0 fully saturated rings. The highest BCUT2D eigenvalue weighted by Gasteiger charge is 2.17. The third-order valence-corrected chi connectivity index (χ3v) is 4.51. The van der Waals surface area contributed by atoms with Crippen LogP contribution in [0.4, 0.5) is 15.8 Å². The Morgan fingerprint density at radius 1 is 1.29 bits per heavy atom. The highest BCUT2D eigenvalue weighted by molar-refractivity contribution is 6.30. The van der Waals surface area contributed by atoms with Crippen LogP contribution in [0.25, 0.3) is 10.9 Å². The second kappa shape index (κ2) is 8.96. The van der Waals surface area contributed by atoms with Crippen LogP contribution in [0.15, 0.2) is 36.5 Å². The van der Waals surface area contributed by atoms with E-state index in [4.69, 9.17) is 32.7 Å². The number of methoxy groups -OCH3 is 1.